The first kappa shape index (κ1) is 16.2. The van der Waals surface area contributed by atoms with E-state index in [1.165, 1.54) is 0 Å². The Morgan fingerprint density at radius 1 is 1.44 bits per heavy atom. The summed E-state index contributed by atoms with van der Waals surface area (Å²) >= 11 is 0. The summed E-state index contributed by atoms with van der Waals surface area (Å²) in [4.78, 5) is 18.8. The minimum absolute atomic E-state index is 0.00585. The molecule has 1 amide bonds. The molecule has 1 saturated heterocycles. The molecule has 2 bridgehead atoms. The van der Waals surface area contributed by atoms with Crippen molar-refractivity contribution >= 4 is 5.91 Å². The van der Waals surface area contributed by atoms with Gasteiger partial charge in [0, 0.05) is 25.0 Å². The molecule has 3 unspecified atom stereocenters. The number of rotatable bonds is 4. The van der Waals surface area contributed by atoms with Gasteiger partial charge in [0.2, 0.25) is 0 Å². The summed E-state index contributed by atoms with van der Waals surface area (Å²) in [7, 11) is 0. The van der Waals surface area contributed by atoms with Gasteiger partial charge in [0.1, 0.15) is 11.9 Å². The molecule has 3 atom stereocenters. The molecule has 0 aromatic carbocycles. The van der Waals surface area contributed by atoms with E-state index < -0.39 is 0 Å². The fourth-order valence-electron chi connectivity index (χ4n) is 3.65. The van der Waals surface area contributed by atoms with Crippen LogP contribution in [0.5, 0.6) is 0 Å². The third-order valence-electron chi connectivity index (χ3n) is 4.83. The van der Waals surface area contributed by atoms with Crippen LogP contribution in [0.25, 0.3) is 0 Å². The van der Waals surface area contributed by atoms with E-state index in [1.807, 2.05) is 17.0 Å². The number of aromatic nitrogens is 2. The van der Waals surface area contributed by atoms with Gasteiger partial charge in [-0.15, -0.1) is 0 Å². The van der Waals surface area contributed by atoms with Crippen molar-refractivity contribution < 1.29 is 18.8 Å². The minimum atomic E-state index is -0.139. The molecule has 1 aliphatic heterocycles. The average Bonchev–Trinajstić information content (AvgIpc) is 3.17. The number of pyridine rings is 1. The standard InChI is InChI=1S/C18H21N3O4/c1-12-9-14(20-25-12)18(22)21-7-8-23-16-5-4-15(21)17(16)24-11-13-3-2-6-19-10-13/h2-3,6,9-10,15-17H,4-5,7-8,11H2,1H3. The van der Waals surface area contributed by atoms with Gasteiger partial charge in [-0.2, -0.15) is 0 Å². The lowest BCUT2D eigenvalue weighted by molar-refractivity contribution is -0.0598. The summed E-state index contributed by atoms with van der Waals surface area (Å²) in [5, 5.41) is 3.87. The Morgan fingerprint density at radius 3 is 3.12 bits per heavy atom. The third-order valence-corrected chi connectivity index (χ3v) is 4.83. The molecule has 7 heteroatoms. The van der Waals surface area contributed by atoms with Crippen molar-refractivity contribution in [1.29, 1.82) is 0 Å². The lowest BCUT2D eigenvalue weighted by Crippen LogP contribution is -2.46. The van der Waals surface area contributed by atoms with Crippen molar-refractivity contribution in [3.63, 3.8) is 0 Å². The van der Waals surface area contributed by atoms with Crippen LogP contribution >= 0.6 is 0 Å². The molecule has 3 heterocycles. The summed E-state index contributed by atoms with van der Waals surface area (Å²) in [5.41, 5.74) is 1.35. The van der Waals surface area contributed by atoms with E-state index in [0.29, 0.717) is 31.2 Å². The Balaban J connectivity index is 1.50. The van der Waals surface area contributed by atoms with Crippen LogP contribution in [0.4, 0.5) is 0 Å². The van der Waals surface area contributed by atoms with Crippen molar-refractivity contribution in [2.45, 2.75) is 44.6 Å². The molecule has 7 nitrogen and oxygen atoms in total. The van der Waals surface area contributed by atoms with Gasteiger partial charge in [0.25, 0.3) is 5.91 Å². The molecule has 4 rings (SSSR count). The van der Waals surface area contributed by atoms with Crippen LogP contribution in [0.15, 0.2) is 35.1 Å². The lowest BCUT2D eigenvalue weighted by atomic mass is 10.1. The molecule has 2 aromatic rings. The zero-order valence-electron chi connectivity index (χ0n) is 14.1. The summed E-state index contributed by atoms with van der Waals surface area (Å²) < 4.78 is 17.1. The summed E-state index contributed by atoms with van der Waals surface area (Å²) in [6, 6.07) is 5.54. The van der Waals surface area contributed by atoms with Crippen LogP contribution in [0.3, 0.4) is 0 Å². The maximum atomic E-state index is 12.9. The van der Waals surface area contributed by atoms with Gasteiger partial charge in [-0.05, 0) is 31.4 Å². The molecule has 132 valence electrons. The molecule has 0 N–H and O–H groups in total. The lowest BCUT2D eigenvalue weighted by Gasteiger charge is -2.30. The van der Waals surface area contributed by atoms with Gasteiger partial charge in [-0.1, -0.05) is 11.2 Å². The van der Waals surface area contributed by atoms with Crippen LogP contribution in [-0.4, -0.2) is 52.3 Å². The molecule has 0 spiro atoms. The van der Waals surface area contributed by atoms with Crippen LogP contribution in [-0.2, 0) is 16.1 Å². The zero-order chi connectivity index (χ0) is 17.2. The molecular formula is C18H21N3O4. The van der Waals surface area contributed by atoms with Crippen molar-refractivity contribution in [1.82, 2.24) is 15.0 Å². The van der Waals surface area contributed by atoms with E-state index in [9.17, 15) is 4.79 Å². The minimum Gasteiger partial charge on any atom is -0.374 e. The first-order valence-electron chi connectivity index (χ1n) is 8.59. The Bertz CT molecular complexity index is 733. The van der Waals surface area contributed by atoms with Gasteiger partial charge >= 0.3 is 0 Å². The number of carbonyl (C=O) groups is 1. The maximum absolute atomic E-state index is 12.9. The first-order valence-corrected chi connectivity index (χ1v) is 8.59. The summed E-state index contributed by atoms with van der Waals surface area (Å²) in [6.45, 7) is 3.29. The van der Waals surface area contributed by atoms with Gasteiger partial charge in [-0.25, -0.2) is 0 Å². The molecule has 2 aromatic heterocycles. The first-order chi connectivity index (χ1) is 12.2. The highest BCUT2D eigenvalue weighted by atomic mass is 16.5. The predicted octanol–water partition coefficient (Wildman–Crippen LogP) is 1.97. The smallest absolute Gasteiger partial charge is 0.276 e. The molecule has 1 aliphatic carbocycles. The van der Waals surface area contributed by atoms with Crippen LogP contribution < -0.4 is 0 Å². The number of hydrogen-bond donors (Lipinski definition) is 0. The van der Waals surface area contributed by atoms with Crippen LogP contribution in [0.1, 0.15) is 34.7 Å². The number of ether oxygens (including phenoxy) is 2. The quantitative estimate of drug-likeness (QED) is 0.845. The number of fused-ring (bicyclic) bond motifs is 2. The van der Waals surface area contributed by atoms with E-state index in [2.05, 4.69) is 10.1 Å². The second-order valence-corrected chi connectivity index (χ2v) is 6.51. The average molecular weight is 343 g/mol. The predicted molar refractivity (Wildman–Crippen MR) is 87.9 cm³/mol. The van der Waals surface area contributed by atoms with Gasteiger partial charge < -0.3 is 18.9 Å². The number of amides is 1. The van der Waals surface area contributed by atoms with Crippen molar-refractivity contribution in [3.8, 4) is 0 Å². The largest absolute Gasteiger partial charge is 0.374 e. The van der Waals surface area contributed by atoms with E-state index in [4.69, 9.17) is 14.0 Å². The normalized spacial score (nSPS) is 25.8. The number of nitrogens with zero attached hydrogens (tertiary/aromatic N) is 3. The zero-order valence-corrected chi connectivity index (χ0v) is 14.1. The molecule has 2 aliphatic rings. The number of hydrogen-bond acceptors (Lipinski definition) is 6. The molecular weight excluding hydrogens is 322 g/mol. The Kier molecular flexibility index (Phi) is 4.50. The van der Waals surface area contributed by atoms with Crippen LogP contribution in [0.2, 0.25) is 0 Å². The van der Waals surface area contributed by atoms with Gasteiger partial charge in [0.05, 0.1) is 25.4 Å². The SMILES string of the molecule is Cc1cc(C(=O)N2CCOC3CCC2C3OCc2cccnc2)no1. The van der Waals surface area contributed by atoms with Gasteiger partial charge in [0.15, 0.2) is 5.69 Å². The molecule has 25 heavy (non-hydrogen) atoms. The highest BCUT2D eigenvalue weighted by Crippen LogP contribution is 2.33. The molecule has 0 radical (unpaired) electrons. The van der Waals surface area contributed by atoms with Crippen molar-refractivity contribution in [2.24, 2.45) is 0 Å². The van der Waals surface area contributed by atoms with Crippen LogP contribution in [0, 0.1) is 6.92 Å². The third kappa shape index (κ3) is 3.29. The highest BCUT2D eigenvalue weighted by molar-refractivity contribution is 5.92. The van der Waals surface area contributed by atoms with Crippen molar-refractivity contribution in [2.75, 3.05) is 13.2 Å². The molecule has 1 saturated carbocycles. The monoisotopic (exact) mass is 343 g/mol. The highest BCUT2D eigenvalue weighted by Gasteiger charge is 2.45. The maximum Gasteiger partial charge on any atom is 0.276 e. The second-order valence-electron chi connectivity index (χ2n) is 6.51. The van der Waals surface area contributed by atoms with Crippen molar-refractivity contribution in [3.05, 3.63) is 47.6 Å². The fourth-order valence-corrected chi connectivity index (χ4v) is 3.65. The Morgan fingerprint density at radius 2 is 2.36 bits per heavy atom. The summed E-state index contributed by atoms with van der Waals surface area (Å²) in [5.74, 6) is 0.506. The molecule has 2 fully saturated rings. The summed E-state index contributed by atoms with van der Waals surface area (Å²) in [6.07, 6.45) is 5.18. The number of carbonyl (C=O) groups excluding carboxylic acids is 1. The second kappa shape index (κ2) is 6.93. The van der Waals surface area contributed by atoms with E-state index in [0.717, 1.165) is 18.4 Å². The Hall–Kier alpha value is -2.25. The van der Waals surface area contributed by atoms with E-state index >= 15 is 0 Å². The number of aryl methyl sites for hydroxylation is 1. The van der Waals surface area contributed by atoms with Gasteiger partial charge in [-0.3, -0.25) is 9.78 Å². The fraction of sp³-hybridized carbons (Fsp3) is 0.500. The topological polar surface area (TPSA) is 77.7 Å². The van der Waals surface area contributed by atoms with E-state index in [1.54, 1.807) is 25.4 Å². The van der Waals surface area contributed by atoms with E-state index in [-0.39, 0.29) is 24.2 Å². The Labute approximate surface area is 145 Å².